The second-order valence-electron chi connectivity index (χ2n) is 1.00. The first-order valence-electron chi connectivity index (χ1n) is 1.74. The minimum absolute atomic E-state index is 1.25. The first-order chi connectivity index (χ1) is 2.50. The molecule has 0 bridgehead atoms. The third-order valence-electron chi connectivity index (χ3n) is 0.568. The summed E-state index contributed by atoms with van der Waals surface area (Å²) in [6.45, 7) is 0. The maximum Gasteiger partial charge on any atom is 0.000927 e. The monoisotopic (exact) mass is 84.0 g/mol. The summed E-state index contributed by atoms with van der Waals surface area (Å²) in [5.74, 6) is 0. The molecule has 1 heterocycles. The number of allylic oxidation sites excluding steroid dienone is 1. The van der Waals surface area contributed by atoms with Gasteiger partial charge in [-0.3, -0.25) is 0 Å². The minimum Gasteiger partial charge on any atom is -0.0982 e. The maximum atomic E-state index is 3.07. The Kier molecular flexibility index (Phi) is 0.884. The molecule has 1 aliphatic heterocycles. The van der Waals surface area contributed by atoms with Crippen molar-refractivity contribution in [2.75, 3.05) is 6.16 Å². The third kappa shape index (κ3) is 0.613. The zero-order chi connectivity index (χ0) is 3.54. The molecule has 0 N–H and O–H groups in total. The highest BCUT2D eigenvalue weighted by molar-refractivity contribution is 7.38. The highest BCUT2D eigenvalue weighted by Gasteiger charge is 1.77. The average molecular weight is 84.1 g/mol. The van der Waals surface area contributed by atoms with Crippen LogP contribution in [0.1, 0.15) is 6.42 Å². The van der Waals surface area contributed by atoms with Gasteiger partial charge in [-0.1, -0.05) is 13.7 Å². The van der Waals surface area contributed by atoms with Crippen LogP contribution >= 0.6 is 8.20 Å². The summed E-state index contributed by atoms with van der Waals surface area (Å²) in [5.41, 5.74) is 3.07. The van der Waals surface area contributed by atoms with Gasteiger partial charge in [-0.05, 0) is 12.5 Å². The van der Waals surface area contributed by atoms with Gasteiger partial charge in [0.2, 0.25) is 0 Å². The van der Waals surface area contributed by atoms with Gasteiger partial charge in [0.15, 0.2) is 0 Å². The Morgan fingerprint density at radius 3 is 3.00 bits per heavy atom. The summed E-state index contributed by atoms with van der Waals surface area (Å²) in [4.78, 5) is 0. The van der Waals surface area contributed by atoms with Crippen molar-refractivity contribution in [2.24, 2.45) is 0 Å². The van der Waals surface area contributed by atoms with Gasteiger partial charge in [0.25, 0.3) is 0 Å². The minimum atomic E-state index is 1.25. The van der Waals surface area contributed by atoms with E-state index in [9.17, 15) is 0 Å². The molecule has 0 nitrogen and oxygen atoms in total. The van der Waals surface area contributed by atoms with E-state index >= 15 is 0 Å². The van der Waals surface area contributed by atoms with Gasteiger partial charge in [0.1, 0.15) is 0 Å². The largest absolute Gasteiger partial charge is 0.0982 e. The van der Waals surface area contributed by atoms with Crippen LogP contribution in [0.5, 0.6) is 0 Å². The number of rotatable bonds is 0. The first kappa shape index (κ1) is 3.15. The average Bonchev–Trinajstić information content (AvgIpc) is 1.76. The Morgan fingerprint density at radius 2 is 2.80 bits per heavy atom. The van der Waals surface area contributed by atoms with Crippen molar-refractivity contribution >= 4 is 13.7 Å². The summed E-state index contributed by atoms with van der Waals surface area (Å²) in [6.07, 6.45) is 4.66. The molecule has 0 aromatic heterocycles. The fourth-order valence-corrected chi connectivity index (χ4v) is 0.968. The van der Waals surface area contributed by atoms with Gasteiger partial charge in [0, 0.05) is 6.16 Å². The van der Waals surface area contributed by atoms with E-state index in [0.717, 1.165) is 0 Å². The van der Waals surface area contributed by atoms with Crippen molar-refractivity contribution < 1.29 is 0 Å². The topological polar surface area (TPSA) is 0 Å². The van der Waals surface area contributed by atoms with Crippen LogP contribution in [-0.4, -0.2) is 11.6 Å². The predicted octanol–water partition coefficient (Wildman–Crippen LogP) is 1.29. The van der Waals surface area contributed by atoms with Crippen molar-refractivity contribution in [3.05, 3.63) is 6.08 Å². The van der Waals surface area contributed by atoms with Crippen LogP contribution in [0.15, 0.2) is 6.08 Å². The Morgan fingerprint density at radius 1 is 1.80 bits per heavy atom. The zero-order valence-corrected chi connectivity index (χ0v) is 3.83. The SMILES string of the molecule is C1=CCCP=1. The predicted molar refractivity (Wildman–Crippen MR) is 26.0 cm³/mol. The van der Waals surface area contributed by atoms with Gasteiger partial charge in [-0.15, -0.1) is 0 Å². The molecule has 1 rings (SSSR count). The molecule has 0 amide bonds. The zero-order valence-electron chi connectivity index (χ0n) is 2.94. The summed E-state index contributed by atoms with van der Waals surface area (Å²) < 4.78 is 0. The Labute approximate surface area is 33.3 Å². The Hall–Kier alpha value is -0.0500. The van der Waals surface area contributed by atoms with Gasteiger partial charge < -0.3 is 0 Å². The highest BCUT2D eigenvalue weighted by Crippen LogP contribution is 2.00. The summed E-state index contributed by atoms with van der Waals surface area (Å²) in [5, 5.41) is 0. The van der Waals surface area contributed by atoms with Crippen molar-refractivity contribution in [1.82, 2.24) is 0 Å². The smallest absolute Gasteiger partial charge is 0.000927 e. The van der Waals surface area contributed by atoms with E-state index in [1.54, 1.807) is 0 Å². The van der Waals surface area contributed by atoms with Gasteiger partial charge in [-0.25, -0.2) is 0 Å². The van der Waals surface area contributed by atoms with Crippen LogP contribution in [0.25, 0.3) is 0 Å². The van der Waals surface area contributed by atoms with Gasteiger partial charge in [-0.2, -0.15) is 0 Å². The number of hydrogen-bond acceptors (Lipinski definition) is 0. The molecule has 1 aliphatic rings. The van der Waals surface area contributed by atoms with Crippen LogP contribution in [-0.2, 0) is 0 Å². The van der Waals surface area contributed by atoms with Crippen LogP contribution in [0.3, 0.4) is 0 Å². The molecule has 0 aliphatic carbocycles. The molecule has 0 saturated heterocycles. The standard InChI is InChI=1S/C4H5P/c1-2-4-5-3-1/h1H,2,4H2. The second-order valence-corrected chi connectivity index (χ2v) is 2.03. The lowest BCUT2D eigenvalue weighted by Crippen LogP contribution is -1.54. The molecule has 0 saturated carbocycles. The molecule has 0 aromatic rings. The van der Waals surface area contributed by atoms with Crippen LogP contribution < -0.4 is 0 Å². The van der Waals surface area contributed by atoms with E-state index in [0.29, 0.717) is 0 Å². The van der Waals surface area contributed by atoms with Crippen molar-refractivity contribution in [3.63, 3.8) is 0 Å². The molecule has 0 fully saturated rings. The Bertz CT molecular complexity index is 69.6. The summed E-state index contributed by atoms with van der Waals surface area (Å²) in [7, 11) is 1.39. The molecule has 5 heavy (non-hydrogen) atoms. The normalized spacial score (nSPS) is 20.8. The Balaban J connectivity index is 2.64. The van der Waals surface area contributed by atoms with Gasteiger partial charge in [0.05, 0.1) is 0 Å². The van der Waals surface area contributed by atoms with Crippen molar-refractivity contribution in [2.45, 2.75) is 6.42 Å². The van der Waals surface area contributed by atoms with Crippen LogP contribution in [0.2, 0.25) is 0 Å². The second kappa shape index (κ2) is 1.40. The van der Waals surface area contributed by atoms with E-state index in [1.807, 2.05) is 0 Å². The molecule has 26 valence electrons. The van der Waals surface area contributed by atoms with Crippen LogP contribution in [0, 0.1) is 0 Å². The lowest BCUT2D eigenvalue weighted by molar-refractivity contribution is 1.27. The molecule has 0 unspecified atom stereocenters. The van der Waals surface area contributed by atoms with Crippen LogP contribution in [0.4, 0.5) is 0 Å². The molecule has 0 spiro atoms. The quantitative estimate of drug-likeness (QED) is 0.388. The van der Waals surface area contributed by atoms with E-state index in [4.69, 9.17) is 0 Å². The van der Waals surface area contributed by atoms with Crippen molar-refractivity contribution in [1.29, 1.82) is 0 Å². The summed E-state index contributed by atoms with van der Waals surface area (Å²) in [6, 6.07) is 0. The number of hydrogen-bond donors (Lipinski definition) is 0. The molecule has 0 radical (unpaired) electrons. The highest BCUT2D eigenvalue weighted by atomic mass is 31.1. The van der Waals surface area contributed by atoms with Crippen molar-refractivity contribution in [3.8, 4) is 0 Å². The lowest BCUT2D eigenvalue weighted by atomic mass is 10.5. The van der Waals surface area contributed by atoms with E-state index in [-0.39, 0.29) is 0 Å². The third-order valence-corrected chi connectivity index (χ3v) is 1.41. The fourth-order valence-electron chi connectivity index (χ4n) is 0.323. The molecular weight excluding hydrogens is 79.0 g/mol. The maximum absolute atomic E-state index is 3.07. The molecule has 0 atom stereocenters. The van der Waals surface area contributed by atoms with E-state index in [2.05, 4.69) is 11.5 Å². The van der Waals surface area contributed by atoms with E-state index < -0.39 is 0 Å². The molecule has 0 aromatic carbocycles. The summed E-state index contributed by atoms with van der Waals surface area (Å²) >= 11 is 0. The lowest BCUT2D eigenvalue weighted by Gasteiger charge is -1.64. The molecule has 1 heteroatoms. The van der Waals surface area contributed by atoms with Gasteiger partial charge >= 0.3 is 0 Å². The van der Waals surface area contributed by atoms with E-state index in [1.165, 1.54) is 20.8 Å². The first-order valence-corrected chi connectivity index (χ1v) is 2.82. The molecular formula is C4H5P. The fraction of sp³-hybridized carbons (Fsp3) is 0.500.